The number of aryl methyl sites for hydroxylation is 2. The molecular formula is C10H16N8O. The van der Waals surface area contributed by atoms with Crippen molar-refractivity contribution in [1.82, 2.24) is 24.7 Å². The Balaban J connectivity index is 2.31. The van der Waals surface area contributed by atoms with Gasteiger partial charge in [0.1, 0.15) is 0 Å². The van der Waals surface area contributed by atoms with Crippen LogP contribution in [-0.2, 0) is 13.5 Å². The van der Waals surface area contributed by atoms with Gasteiger partial charge in [-0.25, -0.2) is 5.84 Å². The van der Waals surface area contributed by atoms with E-state index in [9.17, 15) is 0 Å². The number of ether oxygens (including phenoxy) is 1. The van der Waals surface area contributed by atoms with Gasteiger partial charge in [0, 0.05) is 13.2 Å². The molecule has 0 aliphatic carbocycles. The Morgan fingerprint density at radius 3 is 2.68 bits per heavy atom. The van der Waals surface area contributed by atoms with E-state index in [1.807, 2.05) is 20.2 Å². The number of nitrogens with one attached hydrogen (secondary N) is 2. The number of hydrogen-bond donors (Lipinski definition) is 3. The van der Waals surface area contributed by atoms with Crippen molar-refractivity contribution in [3.63, 3.8) is 0 Å². The first-order chi connectivity index (χ1) is 9.16. The predicted molar refractivity (Wildman–Crippen MR) is 70.1 cm³/mol. The van der Waals surface area contributed by atoms with Gasteiger partial charge in [-0.15, -0.1) is 0 Å². The molecule has 2 aromatic rings. The average Bonchev–Trinajstić information content (AvgIpc) is 2.78. The lowest BCUT2D eigenvalue weighted by atomic mass is 10.3. The molecule has 0 aliphatic heterocycles. The van der Waals surface area contributed by atoms with E-state index in [0.717, 1.165) is 17.8 Å². The molecule has 4 N–H and O–H groups in total. The molecule has 9 heteroatoms. The zero-order chi connectivity index (χ0) is 13.8. The Hall–Kier alpha value is -2.42. The van der Waals surface area contributed by atoms with Crippen LogP contribution < -0.4 is 21.3 Å². The summed E-state index contributed by atoms with van der Waals surface area (Å²) in [5.41, 5.74) is 4.11. The first kappa shape index (κ1) is 13.0. The van der Waals surface area contributed by atoms with Gasteiger partial charge in [0.05, 0.1) is 18.5 Å². The molecule has 0 saturated carbocycles. The number of aromatic nitrogens is 5. The second-order valence-electron chi connectivity index (χ2n) is 3.76. The minimum Gasteiger partial charge on any atom is -0.467 e. The first-order valence-corrected chi connectivity index (χ1v) is 5.72. The maximum absolute atomic E-state index is 5.29. The molecule has 2 rings (SSSR count). The summed E-state index contributed by atoms with van der Waals surface area (Å²) in [5.74, 6) is 5.85. The average molecular weight is 264 g/mol. The summed E-state index contributed by atoms with van der Waals surface area (Å²) in [7, 11) is 3.33. The molecule has 9 nitrogen and oxygen atoms in total. The zero-order valence-electron chi connectivity index (χ0n) is 11.0. The van der Waals surface area contributed by atoms with Crippen molar-refractivity contribution in [3.05, 3.63) is 11.9 Å². The van der Waals surface area contributed by atoms with Crippen LogP contribution in [0.15, 0.2) is 6.20 Å². The highest BCUT2D eigenvalue weighted by molar-refractivity contribution is 5.56. The van der Waals surface area contributed by atoms with E-state index < -0.39 is 0 Å². The smallest absolute Gasteiger partial charge is 0.322 e. The fraction of sp³-hybridized carbons (Fsp3) is 0.400. The van der Waals surface area contributed by atoms with Gasteiger partial charge in [0.15, 0.2) is 0 Å². The Labute approximate surface area is 110 Å². The number of nitrogen functional groups attached to an aromatic ring is 1. The van der Waals surface area contributed by atoms with E-state index in [-0.39, 0.29) is 12.0 Å². The summed E-state index contributed by atoms with van der Waals surface area (Å²) in [6.45, 7) is 2.02. The Kier molecular flexibility index (Phi) is 3.76. The van der Waals surface area contributed by atoms with Crippen LogP contribution in [-0.4, -0.2) is 31.8 Å². The molecule has 2 aromatic heterocycles. The lowest BCUT2D eigenvalue weighted by Gasteiger charge is -2.07. The molecule has 0 unspecified atom stereocenters. The Bertz CT molecular complexity index is 544. The van der Waals surface area contributed by atoms with Gasteiger partial charge in [-0.3, -0.25) is 10.1 Å². The van der Waals surface area contributed by atoms with Crippen molar-refractivity contribution in [3.8, 4) is 6.01 Å². The van der Waals surface area contributed by atoms with E-state index in [4.69, 9.17) is 10.6 Å². The van der Waals surface area contributed by atoms with Gasteiger partial charge in [0.2, 0.25) is 11.9 Å². The largest absolute Gasteiger partial charge is 0.467 e. The van der Waals surface area contributed by atoms with Crippen LogP contribution in [0.25, 0.3) is 0 Å². The van der Waals surface area contributed by atoms with E-state index >= 15 is 0 Å². The maximum atomic E-state index is 5.29. The molecule has 0 fully saturated rings. The molecule has 19 heavy (non-hydrogen) atoms. The number of hydrazine groups is 1. The van der Waals surface area contributed by atoms with Crippen molar-refractivity contribution in [1.29, 1.82) is 0 Å². The molecule has 0 spiro atoms. The Morgan fingerprint density at radius 1 is 1.32 bits per heavy atom. The third-order valence-electron chi connectivity index (χ3n) is 2.41. The molecule has 0 saturated heterocycles. The van der Waals surface area contributed by atoms with Crippen molar-refractivity contribution in [2.24, 2.45) is 12.9 Å². The van der Waals surface area contributed by atoms with E-state index in [0.29, 0.717) is 5.95 Å². The summed E-state index contributed by atoms with van der Waals surface area (Å²) in [4.78, 5) is 12.1. The van der Waals surface area contributed by atoms with Gasteiger partial charge in [-0.05, 0) is 6.42 Å². The number of nitrogens with two attached hydrogens (primary N) is 1. The van der Waals surface area contributed by atoms with Gasteiger partial charge >= 0.3 is 6.01 Å². The van der Waals surface area contributed by atoms with Crippen LogP contribution in [0.5, 0.6) is 6.01 Å². The van der Waals surface area contributed by atoms with Crippen molar-refractivity contribution in [2.75, 3.05) is 17.9 Å². The SMILES string of the molecule is CCc1nn(C)cc1Nc1nc(NN)nc(OC)n1. The first-order valence-electron chi connectivity index (χ1n) is 5.72. The highest BCUT2D eigenvalue weighted by Gasteiger charge is 2.10. The summed E-state index contributed by atoms with van der Waals surface area (Å²) in [6, 6.07) is 0.174. The molecule has 0 radical (unpaired) electrons. The molecule has 0 bridgehead atoms. The highest BCUT2D eigenvalue weighted by atomic mass is 16.5. The second kappa shape index (κ2) is 5.48. The zero-order valence-corrected chi connectivity index (χ0v) is 11.0. The standard InChI is InChI=1S/C10H16N8O/c1-4-6-7(5-18(2)17-6)12-8-13-9(16-11)15-10(14-8)19-3/h5H,4,11H2,1-3H3,(H2,12,13,14,15,16). The van der Waals surface area contributed by atoms with E-state index in [1.54, 1.807) is 4.68 Å². The normalized spacial score (nSPS) is 10.3. The van der Waals surface area contributed by atoms with Gasteiger partial charge in [0.25, 0.3) is 0 Å². The van der Waals surface area contributed by atoms with Crippen molar-refractivity contribution < 1.29 is 4.74 Å². The lowest BCUT2D eigenvalue weighted by Crippen LogP contribution is -2.13. The number of anilines is 3. The van der Waals surface area contributed by atoms with Gasteiger partial charge in [-0.1, -0.05) is 6.92 Å². The molecule has 0 atom stereocenters. The van der Waals surface area contributed by atoms with E-state index in [1.165, 1.54) is 7.11 Å². The summed E-state index contributed by atoms with van der Waals surface area (Å²) in [5, 5.41) is 7.39. The Morgan fingerprint density at radius 2 is 2.05 bits per heavy atom. The van der Waals surface area contributed by atoms with Crippen molar-refractivity contribution in [2.45, 2.75) is 13.3 Å². The summed E-state index contributed by atoms with van der Waals surface area (Å²) in [6.07, 6.45) is 2.65. The fourth-order valence-corrected chi connectivity index (χ4v) is 1.59. The second-order valence-corrected chi connectivity index (χ2v) is 3.76. The van der Waals surface area contributed by atoms with Crippen LogP contribution in [0, 0.1) is 0 Å². The molecule has 0 aliphatic rings. The van der Waals surface area contributed by atoms with Crippen LogP contribution in [0.2, 0.25) is 0 Å². The summed E-state index contributed by atoms with van der Waals surface area (Å²) >= 11 is 0. The van der Waals surface area contributed by atoms with Gasteiger partial charge in [-0.2, -0.15) is 20.1 Å². The third kappa shape index (κ3) is 2.88. The third-order valence-corrected chi connectivity index (χ3v) is 2.41. The van der Waals surface area contributed by atoms with Crippen LogP contribution >= 0.6 is 0 Å². The maximum Gasteiger partial charge on any atom is 0.322 e. The predicted octanol–water partition coefficient (Wildman–Crippen LogP) is 0.205. The van der Waals surface area contributed by atoms with E-state index in [2.05, 4.69) is 30.8 Å². The number of rotatable bonds is 5. The summed E-state index contributed by atoms with van der Waals surface area (Å²) < 4.78 is 6.70. The minimum absolute atomic E-state index is 0.174. The van der Waals surface area contributed by atoms with Gasteiger partial charge < -0.3 is 10.1 Å². The van der Waals surface area contributed by atoms with Crippen molar-refractivity contribution >= 4 is 17.6 Å². The van der Waals surface area contributed by atoms with Crippen LogP contribution in [0.1, 0.15) is 12.6 Å². The quantitative estimate of drug-likeness (QED) is 0.518. The molecule has 0 aromatic carbocycles. The minimum atomic E-state index is 0.174. The molecule has 102 valence electrons. The fourth-order valence-electron chi connectivity index (χ4n) is 1.59. The monoisotopic (exact) mass is 264 g/mol. The topological polar surface area (TPSA) is 116 Å². The molecular weight excluding hydrogens is 248 g/mol. The van der Waals surface area contributed by atoms with Crippen LogP contribution in [0.3, 0.4) is 0 Å². The molecule has 2 heterocycles. The highest BCUT2D eigenvalue weighted by Crippen LogP contribution is 2.19. The molecule has 0 amide bonds. The van der Waals surface area contributed by atoms with Crippen LogP contribution in [0.4, 0.5) is 17.6 Å². The number of methoxy groups -OCH3 is 1. The number of nitrogens with zero attached hydrogens (tertiary/aromatic N) is 5. The number of hydrogen-bond acceptors (Lipinski definition) is 8. The lowest BCUT2D eigenvalue weighted by molar-refractivity contribution is 0.379.